The molecule has 17 heavy (non-hydrogen) atoms. The second-order valence-corrected chi connectivity index (χ2v) is 6.90. The summed E-state index contributed by atoms with van der Waals surface area (Å²) in [5.41, 5.74) is -0.414. The van der Waals surface area contributed by atoms with Crippen LogP contribution in [-0.4, -0.2) is 35.0 Å². The first-order chi connectivity index (χ1) is 7.94. The Labute approximate surface area is 101 Å². The molecule has 1 saturated heterocycles. The maximum absolute atomic E-state index is 11.5. The summed E-state index contributed by atoms with van der Waals surface area (Å²) < 4.78 is 24.9. The van der Waals surface area contributed by atoms with Gasteiger partial charge in [0, 0.05) is 18.9 Å². The molecule has 1 fully saturated rings. The van der Waals surface area contributed by atoms with Crippen molar-refractivity contribution < 1.29 is 8.42 Å². The summed E-state index contributed by atoms with van der Waals surface area (Å²) in [5, 5.41) is 3.23. The maximum Gasteiger partial charge on any atom is 0.203 e. The van der Waals surface area contributed by atoms with Crippen molar-refractivity contribution >= 4 is 15.8 Å². The van der Waals surface area contributed by atoms with Crippen molar-refractivity contribution in [1.82, 2.24) is 9.55 Å². The number of rotatable bonds is 4. The summed E-state index contributed by atoms with van der Waals surface area (Å²) >= 11 is 0. The van der Waals surface area contributed by atoms with E-state index in [1.54, 1.807) is 12.3 Å². The van der Waals surface area contributed by atoms with E-state index in [4.69, 9.17) is 0 Å². The lowest BCUT2D eigenvalue weighted by molar-refractivity contribution is 0.564. The highest BCUT2D eigenvalue weighted by Gasteiger charge is 2.38. The van der Waals surface area contributed by atoms with Crippen LogP contribution in [0, 0.1) is 0 Å². The number of nitrogens with zero attached hydrogens (tertiary/aromatic N) is 2. The quantitative estimate of drug-likeness (QED) is 0.817. The highest BCUT2D eigenvalue weighted by atomic mass is 32.2. The molecule has 1 aromatic heterocycles. The standard InChI is InChI=1S/C11H17N3O2S/c1-3-6-14-7-5-12-10(14)13-11(2)4-8-17(15,16)9-11/h3,5,7H,1,4,6,8-9H2,2H3,(H,12,13). The molecule has 94 valence electrons. The molecule has 0 radical (unpaired) electrons. The molecular weight excluding hydrogens is 238 g/mol. The lowest BCUT2D eigenvalue weighted by Crippen LogP contribution is -2.37. The molecule has 1 unspecified atom stereocenters. The minimum absolute atomic E-state index is 0.168. The summed E-state index contributed by atoms with van der Waals surface area (Å²) in [5.74, 6) is 1.11. The van der Waals surface area contributed by atoms with Crippen LogP contribution >= 0.6 is 0 Å². The lowest BCUT2D eigenvalue weighted by atomic mass is 10.0. The van der Waals surface area contributed by atoms with Crippen molar-refractivity contribution in [1.29, 1.82) is 0 Å². The van der Waals surface area contributed by atoms with E-state index in [0.29, 0.717) is 18.9 Å². The number of nitrogens with one attached hydrogen (secondary N) is 1. The molecule has 0 amide bonds. The second kappa shape index (κ2) is 4.18. The van der Waals surface area contributed by atoms with Gasteiger partial charge in [-0.3, -0.25) is 0 Å². The van der Waals surface area contributed by atoms with Gasteiger partial charge in [0.25, 0.3) is 0 Å². The first-order valence-electron chi connectivity index (χ1n) is 5.55. The molecule has 0 bridgehead atoms. The largest absolute Gasteiger partial charge is 0.349 e. The molecule has 1 aromatic rings. The smallest absolute Gasteiger partial charge is 0.203 e. The molecule has 1 aliphatic heterocycles. The van der Waals surface area contributed by atoms with Gasteiger partial charge in [-0.2, -0.15) is 0 Å². The average molecular weight is 255 g/mol. The first-order valence-corrected chi connectivity index (χ1v) is 7.37. The van der Waals surface area contributed by atoms with Crippen molar-refractivity contribution in [2.45, 2.75) is 25.4 Å². The predicted octanol–water partition coefficient (Wildman–Crippen LogP) is 1.06. The normalized spacial score (nSPS) is 26.9. The summed E-state index contributed by atoms with van der Waals surface area (Å²) in [6.45, 7) is 6.26. The third-order valence-electron chi connectivity index (χ3n) is 2.96. The molecule has 1 atom stereocenters. The molecule has 1 N–H and O–H groups in total. The van der Waals surface area contributed by atoms with Gasteiger partial charge in [0.2, 0.25) is 5.95 Å². The van der Waals surface area contributed by atoms with E-state index in [1.807, 2.05) is 17.7 Å². The van der Waals surface area contributed by atoms with Gasteiger partial charge < -0.3 is 9.88 Å². The first kappa shape index (κ1) is 12.2. The summed E-state index contributed by atoms with van der Waals surface area (Å²) in [4.78, 5) is 4.20. The Kier molecular flexibility index (Phi) is 2.99. The Hall–Kier alpha value is -1.30. The van der Waals surface area contributed by atoms with Gasteiger partial charge in [-0.1, -0.05) is 6.08 Å². The number of hydrogen-bond acceptors (Lipinski definition) is 4. The fraction of sp³-hybridized carbons (Fsp3) is 0.545. The van der Waals surface area contributed by atoms with Crippen LogP contribution in [0.15, 0.2) is 25.0 Å². The van der Waals surface area contributed by atoms with E-state index in [-0.39, 0.29) is 11.5 Å². The van der Waals surface area contributed by atoms with Crippen molar-refractivity contribution in [2.75, 3.05) is 16.8 Å². The van der Waals surface area contributed by atoms with Crippen molar-refractivity contribution in [3.63, 3.8) is 0 Å². The topological polar surface area (TPSA) is 64.0 Å². The molecule has 0 aromatic carbocycles. The van der Waals surface area contributed by atoms with E-state index >= 15 is 0 Å². The van der Waals surface area contributed by atoms with Crippen LogP contribution in [0.25, 0.3) is 0 Å². The zero-order valence-corrected chi connectivity index (χ0v) is 10.7. The Bertz CT molecular complexity index is 521. The van der Waals surface area contributed by atoms with Crippen LogP contribution in [-0.2, 0) is 16.4 Å². The number of sulfone groups is 1. The van der Waals surface area contributed by atoms with Crippen molar-refractivity contribution in [3.8, 4) is 0 Å². The summed E-state index contributed by atoms with van der Waals surface area (Å²) in [6, 6.07) is 0. The van der Waals surface area contributed by atoms with E-state index in [1.165, 1.54) is 0 Å². The molecule has 2 heterocycles. The van der Waals surface area contributed by atoms with Crippen LogP contribution < -0.4 is 5.32 Å². The van der Waals surface area contributed by atoms with Crippen LogP contribution in [0.3, 0.4) is 0 Å². The van der Waals surface area contributed by atoms with Crippen LogP contribution in [0.4, 0.5) is 5.95 Å². The highest BCUT2D eigenvalue weighted by Crippen LogP contribution is 2.26. The molecule has 6 heteroatoms. The fourth-order valence-electron chi connectivity index (χ4n) is 2.10. The average Bonchev–Trinajstić information content (AvgIpc) is 2.73. The third kappa shape index (κ3) is 2.69. The molecule has 0 spiro atoms. The lowest BCUT2D eigenvalue weighted by Gasteiger charge is -2.24. The number of hydrogen-bond donors (Lipinski definition) is 1. The molecule has 0 aliphatic carbocycles. The molecule has 0 saturated carbocycles. The van der Waals surface area contributed by atoms with Gasteiger partial charge in [-0.25, -0.2) is 13.4 Å². The minimum atomic E-state index is -2.90. The van der Waals surface area contributed by atoms with Gasteiger partial charge >= 0.3 is 0 Å². The Morgan fingerprint density at radius 2 is 2.47 bits per heavy atom. The Balaban J connectivity index is 2.15. The van der Waals surface area contributed by atoms with Gasteiger partial charge in [-0.15, -0.1) is 6.58 Å². The number of aromatic nitrogens is 2. The third-order valence-corrected chi connectivity index (χ3v) is 4.86. The van der Waals surface area contributed by atoms with Gasteiger partial charge in [0.15, 0.2) is 9.84 Å². The van der Waals surface area contributed by atoms with Crippen molar-refractivity contribution in [2.24, 2.45) is 0 Å². The fourth-order valence-corrected chi connectivity index (χ4v) is 4.19. The minimum Gasteiger partial charge on any atom is -0.349 e. The number of anilines is 1. The SMILES string of the molecule is C=CCn1ccnc1NC1(C)CCS(=O)(=O)C1. The Morgan fingerprint density at radius 1 is 1.71 bits per heavy atom. The van der Waals surface area contributed by atoms with Crippen molar-refractivity contribution in [3.05, 3.63) is 25.0 Å². The van der Waals surface area contributed by atoms with E-state index in [2.05, 4.69) is 16.9 Å². The van der Waals surface area contributed by atoms with Gasteiger partial charge in [0.1, 0.15) is 0 Å². The summed E-state index contributed by atoms with van der Waals surface area (Å²) in [7, 11) is -2.90. The number of allylic oxidation sites excluding steroid dienone is 1. The van der Waals surface area contributed by atoms with Crippen LogP contribution in [0.2, 0.25) is 0 Å². The highest BCUT2D eigenvalue weighted by molar-refractivity contribution is 7.91. The van der Waals surface area contributed by atoms with Crippen LogP contribution in [0.5, 0.6) is 0 Å². The number of imidazole rings is 1. The molecular formula is C11H17N3O2S. The molecule has 1 aliphatic rings. The monoisotopic (exact) mass is 255 g/mol. The van der Waals surface area contributed by atoms with E-state index in [9.17, 15) is 8.42 Å². The van der Waals surface area contributed by atoms with E-state index < -0.39 is 15.4 Å². The van der Waals surface area contributed by atoms with Gasteiger partial charge in [-0.05, 0) is 13.3 Å². The predicted molar refractivity (Wildman–Crippen MR) is 67.7 cm³/mol. The zero-order chi connectivity index (χ0) is 12.5. The summed E-state index contributed by atoms with van der Waals surface area (Å²) in [6.07, 6.45) is 5.94. The second-order valence-electron chi connectivity index (χ2n) is 4.72. The molecule has 2 rings (SSSR count). The van der Waals surface area contributed by atoms with E-state index in [0.717, 1.165) is 0 Å². The van der Waals surface area contributed by atoms with Gasteiger partial charge in [0.05, 0.1) is 17.0 Å². The Morgan fingerprint density at radius 3 is 3.06 bits per heavy atom. The van der Waals surface area contributed by atoms with Crippen LogP contribution in [0.1, 0.15) is 13.3 Å². The molecule has 5 nitrogen and oxygen atoms in total. The maximum atomic E-state index is 11.5. The zero-order valence-electron chi connectivity index (χ0n) is 9.89.